The van der Waals surface area contributed by atoms with Crippen molar-refractivity contribution in [2.45, 2.75) is 194 Å². The second-order valence-electron chi connectivity index (χ2n) is 19.7. The van der Waals surface area contributed by atoms with Crippen LogP contribution in [-0.4, -0.2) is 52.3 Å². The average molecular weight is 661 g/mol. The van der Waals surface area contributed by atoms with Gasteiger partial charge >= 0.3 is 0 Å². The van der Waals surface area contributed by atoms with Crippen LogP contribution >= 0.6 is 0 Å². The topological polar surface area (TPSA) is 47.9 Å². The van der Waals surface area contributed by atoms with Crippen molar-refractivity contribution in [1.82, 2.24) is 0 Å². The highest BCUT2D eigenvalue weighted by Gasteiger charge is 2.61. The number of fused-ring (bicyclic) bond motifs is 1. The van der Waals surface area contributed by atoms with Gasteiger partial charge in [0.15, 0.2) is 16.6 Å². The van der Waals surface area contributed by atoms with Crippen molar-refractivity contribution in [3.8, 4) is 0 Å². The summed E-state index contributed by atoms with van der Waals surface area (Å²) in [6.07, 6.45) is 17.4. The first kappa shape index (κ1) is 37.6. The van der Waals surface area contributed by atoms with Crippen molar-refractivity contribution in [1.29, 1.82) is 0 Å². The number of allylic oxidation sites excluding steroid dienone is 3. The molecule has 260 valence electrons. The molecule has 6 heteroatoms. The first-order valence-electron chi connectivity index (χ1n) is 18.5. The Morgan fingerprint density at radius 2 is 1.38 bits per heavy atom. The summed E-state index contributed by atoms with van der Waals surface area (Å²) >= 11 is 0. The maximum atomic E-state index is 10.2. The third kappa shape index (κ3) is 8.15. The van der Waals surface area contributed by atoms with Crippen LogP contribution in [0.4, 0.5) is 0 Å². The Kier molecular flexibility index (Phi) is 10.8. The molecule has 3 unspecified atom stereocenters. The van der Waals surface area contributed by atoms with Crippen LogP contribution in [-0.2, 0) is 13.6 Å². The second kappa shape index (κ2) is 12.9. The van der Waals surface area contributed by atoms with Crippen LogP contribution in [0, 0.1) is 22.7 Å². The highest BCUT2D eigenvalue weighted by atomic mass is 28.4. The summed E-state index contributed by atoms with van der Waals surface area (Å²) in [5, 5.41) is 10.6. The van der Waals surface area contributed by atoms with E-state index in [1.54, 1.807) is 5.57 Å². The van der Waals surface area contributed by atoms with Crippen LogP contribution < -0.4 is 0 Å². The number of rotatable bonds is 10. The van der Waals surface area contributed by atoms with Crippen molar-refractivity contribution in [3.05, 3.63) is 23.3 Å². The van der Waals surface area contributed by atoms with Crippen LogP contribution in [0.1, 0.15) is 133 Å². The van der Waals surface area contributed by atoms with Crippen LogP contribution in [0.25, 0.3) is 0 Å². The van der Waals surface area contributed by atoms with E-state index in [1.165, 1.54) is 50.5 Å². The van der Waals surface area contributed by atoms with E-state index < -0.39 is 22.2 Å². The molecule has 4 aliphatic carbocycles. The van der Waals surface area contributed by atoms with Gasteiger partial charge in [-0.2, -0.15) is 0 Å². The van der Waals surface area contributed by atoms with Crippen LogP contribution in [0.5, 0.6) is 0 Å². The monoisotopic (exact) mass is 660 g/mol. The van der Waals surface area contributed by atoms with Crippen molar-refractivity contribution in [2.75, 3.05) is 6.61 Å². The molecule has 45 heavy (non-hydrogen) atoms. The molecule has 4 fully saturated rings. The normalized spacial score (nSPS) is 32.6. The zero-order valence-electron chi connectivity index (χ0n) is 32.0. The lowest BCUT2D eigenvalue weighted by Crippen LogP contribution is -2.54. The maximum absolute atomic E-state index is 10.2. The molecule has 0 radical (unpaired) electrons. The smallest absolute Gasteiger partial charge is 0.192 e. The molecule has 0 heterocycles. The Hall–Kier alpha value is -0.246. The van der Waals surface area contributed by atoms with Gasteiger partial charge in [-0.1, -0.05) is 71.8 Å². The molecule has 6 atom stereocenters. The molecule has 1 spiro atoms. The van der Waals surface area contributed by atoms with Gasteiger partial charge in [-0.3, -0.25) is 0 Å². The van der Waals surface area contributed by atoms with Gasteiger partial charge in [-0.05, 0) is 138 Å². The molecule has 4 rings (SSSR count). The number of hydrogen-bond acceptors (Lipinski definition) is 4. The van der Waals surface area contributed by atoms with Gasteiger partial charge in [0.05, 0.1) is 23.9 Å². The summed E-state index contributed by atoms with van der Waals surface area (Å²) in [5.41, 5.74) is 3.02. The number of hydrogen-bond donors (Lipinski definition) is 1. The maximum Gasteiger partial charge on any atom is 0.192 e. The lowest BCUT2D eigenvalue weighted by atomic mass is 9.62. The first-order valence-corrected chi connectivity index (χ1v) is 24.3. The van der Waals surface area contributed by atoms with E-state index in [0.29, 0.717) is 30.3 Å². The fourth-order valence-electron chi connectivity index (χ4n) is 8.37. The molecule has 0 aromatic rings. The Morgan fingerprint density at radius 3 is 1.84 bits per heavy atom. The van der Waals surface area contributed by atoms with E-state index in [4.69, 9.17) is 13.6 Å². The minimum Gasteiger partial charge on any atom is -0.413 e. The molecule has 0 aromatic carbocycles. The highest BCUT2D eigenvalue weighted by molar-refractivity contribution is 6.74. The Morgan fingerprint density at radius 1 is 0.844 bits per heavy atom. The predicted octanol–water partition coefficient (Wildman–Crippen LogP) is 11.0. The van der Waals surface area contributed by atoms with E-state index in [2.05, 4.69) is 93.7 Å². The summed E-state index contributed by atoms with van der Waals surface area (Å²) in [6.45, 7) is 33.2. The molecule has 1 N–H and O–H groups in total. The van der Waals surface area contributed by atoms with E-state index in [-0.39, 0.29) is 33.8 Å². The lowest BCUT2D eigenvalue weighted by molar-refractivity contribution is -0.0454. The average Bonchev–Trinajstić information content (AvgIpc) is 3.58. The van der Waals surface area contributed by atoms with E-state index in [0.717, 1.165) is 12.8 Å². The summed E-state index contributed by atoms with van der Waals surface area (Å²) in [4.78, 5) is 0. The molecule has 4 nitrogen and oxygen atoms in total. The van der Waals surface area contributed by atoms with Gasteiger partial charge < -0.3 is 18.7 Å². The standard InChI is InChI=1S/C39H72O4Si2/c1-28(41-25-24-37(8,9)40)31-19-20-32-30(16-15-21-38(31,32)10)18-17-29-26-33(42-44(11,12)35(2,3)4)39(22-23-39)34(27-29)43-45(13,14)36(5,6)7/h17-18,28,31-34,40H,15-16,19-27H2,1-14H3/b30-18+/t28-,31?,32?,33-,34-,38?/m1/s1. The minimum atomic E-state index is -1.93. The Labute approximate surface area is 280 Å². The quantitative estimate of drug-likeness (QED) is 0.237. The Bertz CT molecular complexity index is 1060. The van der Waals surface area contributed by atoms with Gasteiger partial charge in [0.2, 0.25) is 0 Å². The summed E-state index contributed by atoms with van der Waals surface area (Å²) in [5.74, 6) is 1.22. The fraction of sp³-hybridized carbons (Fsp3) is 0.897. The zero-order valence-corrected chi connectivity index (χ0v) is 34.0. The third-order valence-electron chi connectivity index (χ3n) is 13.7. The first-order chi connectivity index (χ1) is 20.4. The molecular weight excluding hydrogens is 589 g/mol. The highest BCUT2D eigenvalue weighted by Crippen LogP contribution is 2.62. The molecule has 0 aliphatic heterocycles. The van der Waals surface area contributed by atoms with Gasteiger partial charge in [-0.25, -0.2) is 0 Å². The number of ether oxygens (including phenoxy) is 1. The largest absolute Gasteiger partial charge is 0.413 e. The van der Waals surface area contributed by atoms with Gasteiger partial charge in [0.1, 0.15) is 0 Å². The van der Waals surface area contributed by atoms with Gasteiger partial charge in [0.25, 0.3) is 0 Å². The molecule has 0 aromatic heterocycles. The van der Waals surface area contributed by atoms with E-state index >= 15 is 0 Å². The predicted molar refractivity (Wildman–Crippen MR) is 196 cm³/mol. The molecule has 0 bridgehead atoms. The number of aliphatic hydroxyl groups is 1. The van der Waals surface area contributed by atoms with Gasteiger partial charge in [-0.15, -0.1) is 0 Å². The summed E-state index contributed by atoms with van der Waals surface area (Å²) in [6, 6.07) is 0. The molecule has 0 saturated heterocycles. The molecule has 4 aliphatic rings. The molecule has 0 amide bonds. The minimum absolute atomic E-state index is 0.193. The van der Waals surface area contributed by atoms with Gasteiger partial charge in [0, 0.05) is 12.0 Å². The van der Waals surface area contributed by atoms with Crippen molar-refractivity contribution >= 4 is 16.6 Å². The van der Waals surface area contributed by atoms with Crippen LogP contribution in [0.3, 0.4) is 0 Å². The van der Waals surface area contributed by atoms with Crippen LogP contribution in [0.2, 0.25) is 36.3 Å². The summed E-state index contributed by atoms with van der Waals surface area (Å²) in [7, 11) is -3.86. The molecular formula is C39H72O4Si2. The Balaban J connectivity index is 1.58. The third-order valence-corrected chi connectivity index (χ3v) is 22.7. The van der Waals surface area contributed by atoms with E-state index in [1.807, 2.05) is 13.8 Å². The molecule has 4 saturated carbocycles. The zero-order chi connectivity index (χ0) is 33.9. The van der Waals surface area contributed by atoms with Crippen molar-refractivity contribution < 1.29 is 18.7 Å². The van der Waals surface area contributed by atoms with Crippen molar-refractivity contribution in [2.24, 2.45) is 22.7 Å². The van der Waals surface area contributed by atoms with E-state index in [9.17, 15) is 5.11 Å². The van der Waals surface area contributed by atoms with Crippen molar-refractivity contribution in [3.63, 3.8) is 0 Å². The second-order valence-corrected chi connectivity index (χ2v) is 29.2. The van der Waals surface area contributed by atoms with Crippen LogP contribution in [0.15, 0.2) is 23.3 Å². The summed E-state index contributed by atoms with van der Waals surface area (Å²) < 4.78 is 21.0. The SMILES string of the molecule is C[C@@H](OCCC(C)(C)O)C1CCC2/C(=C/C=C3C[C@@H](O[Si](C)(C)C(C)(C)C)C4(CC4)[C@H](O[Si](C)(C)C(C)(C)C)C3)CCCC21C. The lowest BCUT2D eigenvalue weighted by Gasteiger charge is -2.49. The fourth-order valence-corrected chi connectivity index (χ4v) is 11.1.